The molecule has 0 spiro atoms. The predicted molar refractivity (Wildman–Crippen MR) is 106 cm³/mol. The van der Waals surface area contributed by atoms with Gasteiger partial charge in [0.25, 0.3) is 5.91 Å². The zero-order chi connectivity index (χ0) is 24.1. The topological polar surface area (TPSA) is 95.7 Å². The lowest BCUT2D eigenvalue weighted by atomic mass is 9.39. The molecule has 4 fully saturated rings. The number of carbonyl (C=O) groups excluding carboxylic acids is 1. The zero-order valence-corrected chi connectivity index (χ0v) is 18.4. The monoisotopic (exact) mass is 505 g/mol. The highest BCUT2D eigenvalue weighted by Gasteiger charge is 2.71. The van der Waals surface area contributed by atoms with Crippen molar-refractivity contribution in [1.82, 2.24) is 15.5 Å². The number of aromatic nitrogens is 2. The standard InChI is InChI=1S/C21H20ClF4N3O5/c22-13-3-1-11(5-14(13)23)31-7-16(30)27-20-8-19(9-20,10-20)18-29-28-17(34-18)15-4-2-12(33-15)6-32-21(24,25)26/h1,3,5,12,15H,2,4,6-10H2,(H,27,30)/t12?,15-,19?,20?/m0/s1. The first-order valence-corrected chi connectivity index (χ1v) is 11.0. The van der Waals surface area contributed by atoms with Gasteiger partial charge in [0.05, 0.1) is 23.1 Å². The molecule has 1 amide bonds. The lowest BCUT2D eigenvalue weighted by Crippen LogP contribution is -2.77. The first-order valence-electron chi connectivity index (χ1n) is 10.6. The minimum Gasteiger partial charge on any atom is -0.484 e. The molecule has 4 aliphatic rings. The number of carbonyl (C=O) groups is 1. The number of halogens is 5. The van der Waals surface area contributed by atoms with E-state index in [2.05, 4.69) is 20.3 Å². The fraction of sp³-hybridized carbons (Fsp3) is 0.571. The number of amides is 1. The number of hydrogen-bond donors (Lipinski definition) is 1. The molecule has 1 aliphatic heterocycles. The largest absolute Gasteiger partial charge is 0.522 e. The van der Waals surface area contributed by atoms with E-state index in [4.69, 9.17) is 25.5 Å². The van der Waals surface area contributed by atoms with Crippen molar-refractivity contribution in [3.8, 4) is 5.75 Å². The van der Waals surface area contributed by atoms with Crippen molar-refractivity contribution in [3.05, 3.63) is 40.8 Å². The van der Waals surface area contributed by atoms with Crippen LogP contribution in [-0.4, -0.2) is 47.3 Å². The van der Waals surface area contributed by atoms with Crippen LogP contribution in [0.15, 0.2) is 22.6 Å². The SMILES string of the molecule is O=C(COc1ccc(Cl)c(F)c1)NC12CC(c3nnc([C@@H]4CCC(COC(F)(F)F)O4)o3)(C1)C2. The van der Waals surface area contributed by atoms with Gasteiger partial charge in [-0.05, 0) is 44.2 Å². The lowest BCUT2D eigenvalue weighted by Gasteiger charge is -2.68. The lowest BCUT2D eigenvalue weighted by molar-refractivity contribution is -0.331. The maximum atomic E-state index is 13.5. The minimum atomic E-state index is -4.70. The van der Waals surface area contributed by atoms with Crippen molar-refractivity contribution in [2.24, 2.45) is 0 Å². The molecular formula is C21H20ClF4N3O5. The molecule has 2 heterocycles. The number of hydrogen-bond acceptors (Lipinski definition) is 7. The fourth-order valence-electron chi connectivity index (χ4n) is 4.97. The van der Waals surface area contributed by atoms with E-state index in [9.17, 15) is 22.4 Å². The summed E-state index contributed by atoms with van der Waals surface area (Å²) in [5.41, 5.74) is -0.694. The summed E-state index contributed by atoms with van der Waals surface area (Å²) in [5, 5.41) is 11.0. The molecular weight excluding hydrogens is 486 g/mol. The molecule has 184 valence electrons. The molecule has 13 heteroatoms. The van der Waals surface area contributed by atoms with E-state index in [1.165, 1.54) is 12.1 Å². The summed E-state index contributed by atoms with van der Waals surface area (Å²) in [6.45, 7) is -0.845. The van der Waals surface area contributed by atoms with Gasteiger partial charge in [-0.25, -0.2) is 4.39 Å². The number of alkyl halides is 3. The van der Waals surface area contributed by atoms with Gasteiger partial charge in [-0.15, -0.1) is 23.4 Å². The van der Waals surface area contributed by atoms with Crippen LogP contribution in [0.3, 0.4) is 0 Å². The van der Waals surface area contributed by atoms with Crippen molar-refractivity contribution in [2.75, 3.05) is 13.2 Å². The Morgan fingerprint density at radius 2 is 2.00 bits per heavy atom. The molecule has 34 heavy (non-hydrogen) atoms. The van der Waals surface area contributed by atoms with Gasteiger partial charge in [0, 0.05) is 11.6 Å². The van der Waals surface area contributed by atoms with Gasteiger partial charge in [0.1, 0.15) is 17.7 Å². The first kappa shape index (κ1) is 23.3. The summed E-state index contributed by atoms with van der Waals surface area (Å²) in [5.74, 6) is -0.0961. The van der Waals surface area contributed by atoms with Gasteiger partial charge in [0.2, 0.25) is 11.8 Å². The Hall–Kier alpha value is -2.44. The third kappa shape index (κ3) is 4.58. The van der Waals surface area contributed by atoms with Crippen LogP contribution < -0.4 is 10.1 Å². The third-order valence-electron chi connectivity index (χ3n) is 6.41. The quantitative estimate of drug-likeness (QED) is 0.542. The van der Waals surface area contributed by atoms with E-state index in [-0.39, 0.29) is 40.1 Å². The first-order chi connectivity index (χ1) is 16.0. The second-order valence-corrected chi connectivity index (χ2v) is 9.44. The Kier molecular flexibility index (Phi) is 5.72. The molecule has 3 aliphatic carbocycles. The Morgan fingerprint density at radius 1 is 1.24 bits per heavy atom. The second kappa shape index (κ2) is 8.35. The number of benzene rings is 1. The molecule has 0 radical (unpaired) electrons. The van der Waals surface area contributed by atoms with Gasteiger partial charge >= 0.3 is 6.36 Å². The maximum Gasteiger partial charge on any atom is 0.522 e. The summed E-state index contributed by atoms with van der Waals surface area (Å²) in [6.07, 6.45) is -3.25. The Labute approximate surface area is 195 Å². The molecule has 1 unspecified atom stereocenters. The van der Waals surface area contributed by atoms with E-state index in [1.807, 2.05) is 0 Å². The van der Waals surface area contributed by atoms with Crippen molar-refractivity contribution < 1.29 is 41.0 Å². The molecule has 2 bridgehead atoms. The normalized spacial score (nSPS) is 29.9. The smallest absolute Gasteiger partial charge is 0.484 e. The number of nitrogens with one attached hydrogen (secondary N) is 1. The van der Waals surface area contributed by atoms with Crippen LogP contribution in [0.1, 0.15) is 50.0 Å². The van der Waals surface area contributed by atoms with E-state index >= 15 is 0 Å². The van der Waals surface area contributed by atoms with Crippen molar-refractivity contribution >= 4 is 17.5 Å². The molecule has 1 aromatic carbocycles. The predicted octanol–water partition coefficient (Wildman–Crippen LogP) is 3.99. The highest BCUT2D eigenvalue weighted by atomic mass is 35.5. The van der Waals surface area contributed by atoms with Crippen LogP contribution in [0.2, 0.25) is 5.02 Å². The van der Waals surface area contributed by atoms with Crippen LogP contribution in [0.25, 0.3) is 0 Å². The average Bonchev–Trinajstić information content (AvgIpc) is 3.38. The van der Waals surface area contributed by atoms with E-state index in [0.717, 1.165) is 6.07 Å². The molecule has 1 aromatic heterocycles. The van der Waals surface area contributed by atoms with Crippen molar-refractivity contribution in [1.29, 1.82) is 0 Å². The van der Waals surface area contributed by atoms with Crippen LogP contribution in [0.5, 0.6) is 5.75 Å². The molecule has 2 atom stereocenters. The molecule has 2 aromatic rings. The second-order valence-electron chi connectivity index (χ2n) is 9.03. The van der Waals surface area contributed by atoms with Crippen LogP contribution in [0, 0.1) is 5.82 Å². The highest BCUT2D eigenvalue weighted by Crippen LogP contribution is 2.67. The Morgan fingerprint density at radius 3 is 2.71 bits per heavy atom. The van der Waals surface area contributed by atoms with Gasteiger partial charge in [-0.3, -0.25) is 9.53 Å². The Balaban J connectivity index is 1.09. The molecule has 8 nitrogen and oxygen atoms in total. The average molecular weight is 506 g/mol. The van der Waals surface area contributed by atoms with Gasteiger partial charge in [-0.1, -0.05) is 11.6 Å². The molecule has 6 rings (SSSR count). The maximum absolute atomic E-state index is 13.5. The number of nitrogens with zero attached hydrogens (tertiary/aromatic N) is 2. The molecule has 1 N–H and O–H groups in total. The summed E-state index contributed by atoms with van der Waals surface area (Å²) >= 11 is 5.62. The van der Waals surface area contributed by atoms with Gasteiger partial charge in [-0.2, -0.15) is 0 Å². The van der Waals surface area contributed by atoms with E-state index in [0.29, 0.717) is 38.0 Å². The van der Waals surface area contributed by atoms with Crippen molar-refractivity contribution in [3.63, 3.8) is 0 Å². The molecule has 3 saturated carbocycles. The highest BCUT2D eigenvalue weighted by molar-refractivity contribution is 6.30. The third-order valence-corrected chi connectivity index (χ3v) is 6.71. The van der Waals surface area contributed by atoms with Gasteiger partial charge in [0.15, 0.2) is 6.61 Å². The minimum absolute atomic E-state index is 0.0325. The van der Waals surface area contributed by atoms with Crippen molar-refractivity contribution in [2.45, 2.75) is 61.6 Å². The number of ether oxygens (including phenoxy) is 3. The summed E-state index contributed by atoms with van der Waals surface area (Å²) in [4.78, 5) is 12.3. The van der Waals surface area contributed by atoms with E-state index in [1.54, 1.807) is 0 Å². The zero-order valence-electron chi connectivity index (χ0n) is 17.7. The summed E-state index contributed by atoms with van der Waals surface area (Å²) in [6, 6.07) is 3.93. The Bertz CT molecular complexity index is 1070. The van der Waals surface area contributed by atoms with Crippen LogP contribution >= 0.6 is 11.6 Å². The van der Waals surface area contributed by atoms with Crippen LogP contribution in [0.4, 0.5) is 17.6 Å². The summed E-state index contributed by atoms with van der Waals surface area (Å²) < 4.78 is 70.6. The number of rotatable bonds is 8. The van der Waals surface area contributed by atoms with Crippen LogP contribution in [-0.2, 0) is 19.7 Å². The fourth-order valence-corrected chi connectivity index (χ4v) is 5.09. The van der Waals surface area contributed by atoms with Gasteiger partial charge < -0.3 is 19.2 Å². The summed E-state index contributed by atoms with van der Waals surface area (Å²) in [7, 11) is 0. The van der Waals surface area contributed by atoms with E-state index < -0.39 is 31.0 Å². The molecule has 1 saturated heterocycles.